The van der Waals surface area contributed by atoms with Crippen molar-refractivity contribution in [1.82, 2.24) is 4.98 Å². The molecule has 1 aromatic heterocycles. The first-order valence-electron chi connectivity index (χ1n) is 5.41. The van der Waals surface area contributed by atoms with Gasteiger partial charge in [-0.2, -0.15) is 0 Å². The minimum absolute atomic E-state index is 0.116. The summed E-state index contributed by atoms with van der Waals surface area (Å²) in [6.07, 6.45) is 2.94. The lowest BCUT2D eigenvalue weighted by atomic mass is 10.2. The lowest BCUT2D eigenvalue weighted by Crippen LogP contribution is -2.14. The predicted molar refractivity (Wildman–Crippen MR) is 77.6 cm³/mol. The minimum Gasteiger partial charge on any atom is -0.383 e. The van der Waals surface area contributed by atoms with Crippen molar-refractivity contribution < 1.29 is 8.42 Å². The first-order chi connectivity index (χ1) is 8.46. The topological polar surface area (TPSA) is 59.1 Å². The molecule has 0 atom stereocenters. The zero-order valence-electron chi connectivity index (χ0n) is 9.85. The lowest BCUT2D eigenvalue weighted by molar-refractivity contribution is 0.602. The average Bonchev–Trinajstić information content (AvgIpc) is 2.28. The molecule has 2 rings (SSSR count). The SMILES string of the molecule is CS(=O)(=O)CCNc1ccnc2ccc(Br)cc12. The van der Waals surface area contributed by atoms with Gasteiger partial charge in [-0.1, -0.05) is 15.9 Å². The van der Waals surface area contributed by atoms with Gasteiger partial charge in [0.2, 0.25) is 0 Å². The third-order valence-corrected chi connectivity index (χ3v) is 3.93. The van der Waals surface area contributed by atoms with Crippen LogP contribution in [-0.2, 0) is 9.84 Å². The van der Waals surface area contributed by atoms with Crippen molar-refractivity contribution in [1.29, 1.82) is 0 Å². The number of hydrogen-bond acceptors (Lipinski definition) is 4. The molecule has 1 heterocycles. The molecular weight excluding hydrogens is 316 g/mol. The minimum atomic E-state index is -2.94. The van der Waals surface area contributed by atoms with E-state index in [1.807, 2.05) is 24.3 Å². The Morgan fingerprint density at radius 3 is 2.83 bits per heavy atom. The molecule has 0 aliphatic heterocycles. The number of hydrogen-bond donors (Lipinski definition) is 1. The number of nitrogens with zero attached hydrogens (tertiary/aromatic N) is 1. The summed E-state index contributed by atoms with van der Waals surface area (Å²) in [5.74, 6) is 0.116. The zero-order chi connectivity index (χ0) is 13.2. The number of fused-ring (bicyclic) bond motifs is 1. The van der Waals surface area contributed by atoms with E-state index in [2.05, 4.69) is 26.2 Å². The summed E-state index contributed by atoms with van der Waals surface area (Å²) >= 11 is 3.42. The monoisotopic (exact) mass is 328 g/mol. The number of benzene rings is 1. The zero-order valence-corrected chi connectivity index (χ0v) is 12.3. The van der Waals surface area contributed by atoms with Crippen LogP contribution in [0.2, 0.25) is 0 Å². The van der Waals surface area contributed by atoms with Gasteiger partial charge in [0.05, 0.1) is 11.3 Å². The third-order valence-electron chi connectivity index (χ3n) is 2.49. The third kappa shape index (κ3) is 3.43. The van der Waals surface area contributed by atoms with E-state index in [9.17, 15) is 8.42 Å². The summed E-state index contributed by atoms with van der Waals surface area (Å²) < 4.78 is 23.1. The maximum absolute atomic E-state index is 11.1. The van der Waals surface area contributed by atoms with Crippen LogP contribution in [0.25, 0.3) is 10.9 Å². The second-order valence-corrected chi connectivity index (χ2v) is 7.25. The normalized spacial score (nSPS) is 11.7. The summed E-state index contributed by atoms with van der Waals surface area (Å²) in [4.78, 5) is 4.26. The van der Waals surface area contributed by atoms with Gasteiger partial charge in [-0.05, 0) is 24.3 Å². The Hall–Kier alpha value is -1.14. The smallest absolute Gasteiger partial charge is 0.149 e. The summed E-state index contributed by atoms with van der Waals surface area (Å²) in [6.45, 7) is 0.393. The van der Waals surface area contributed by atoms with Crippen LogP contribution >= 0.6 is 15.9 Å². The van der Waals surface area contributed by atoms with E-state index in [4.69, 9.17) is 0 Å². The van der Waals surface area contributed by atoms with E-state index in [0.717, 1.165) is 21.1 Å². The Balaban J connectivity index is 2.25. The van der Waals surface area contributed by atoms with Crippen LogP contribution in [0.5, 0.6) is 0 Å². The van der Waals surface area contributed by atoms with Crippen LogP contribution in [0.1, 0.15) is 0 Å². The number of halogens is 1. The fourth-order valence-electron chi connectivity index (χ4n) is 1.64. The quantitative estimate of drug-likeness (QED) is 0.936. The molecule has 0 bridgehead atoms. The molecule has 1 N–H and O–H groups in total. The molecular formula is C12H13BrN2O2S. The molecule has 0 aliphatic rings. The Bertz CT molecular complexity index is 671. The van der Waals surface area contributed by atoms with Gasteiger partial charge < -0.3 is 5.32 Å². The fraction of sp³-hybridized carbons (Fsp3) is 0.250. The molecule has 1 aromatic carbocycles. The van der Waals surface area contributed by atoms with Gasteiger partial charge >= 0.3 is 0 Å². The maximum Gasteiger partial charge on any atom is 0.149 e. The number of anilines is 1. The first-order valence-corrected chi connectivity index (χ1v) is 8.27. The first kappa shape index (κ1) is 13.3. The highest BCUT2D eigenvalue weighted by Crippen LogP contribution is 2.24. The van der Waals surface area contributed by atoms with Crippen molar-refractivity contribution in [3.63, 3.8) is 0 Å². The number of sulfone groups is 1. The van der Waals surface area contributed by atoms with Crippen LogP contribution in [0, 0.1) is 0 Å². The van der Waals surface area contributed by atoms with E-state index in [0.29, 0.717) is 6.54 Å². The molecule has 18 heavy (non-hydrogen) atoms. The molecule has 0 saturated carbocycles. The summed E-state index contributed by atoms with van der Waals surface area (Å²) in [6, 6.07) is 7.65. The maximum atomic E-state index is 11.1. The molecule has 0 radical (unpaired) electrons. The van der Waals surface area contributed by atoms with Crippen LogP contribution in [0.3, 0.4) is 0 Å². The Kier molecular flexibility index (Phi) is 3.87. The molecule has 0 saturated heterocycles. The molecule has 0 fully saturated rings. The molecule has 2 aromatic rings. The van der Waals surface area contributed by atoms with Crippen LogP contribution in [-0.4, -0.2) is 32.0 Å². The van der Waals surface area contributed by atoms with Crippen molar-refractivity contribution in [2.24, 2.45) is 0 Å². The second kappa shape index (κ2) is 5.24. The Morgan fingerprint density at radius 2 is 2.11 bits per heavy atom. The fourth-order valence-corrected chi connectivity index (χ4v) is 2.48. The van der Waals surface area contributed by atoms with E-state index < -0.39 is 9.84 Å². The lowest BCUT2D eigenvalue weighted by Gasteiger charge is -2.09. The molecule has 4 nitrogen and oxygen atoms in total. The van der Waals surface area contributed by atoms with Gasteiger partial charge in [0.15, 0.2) is 0 Å². The average molecular weight is 329 g/mol. The highest BCUT2D eigenvalue weighted by Gasteiger charge is 2.04. The van der Waals surface area contributed by atoms with Crippen molar-refractivity contribution in [2.75, 3.05) is 23.9 Å². The van der Waals surface area contributed by atoms with Crippen molar-refractivity contribution >= 4 is 42.4 Å². The van der Waals surface area contributed by atoms with Gasteiger partial charge in [-0.15, -0.1) is 0 Å². The molecule has 6 heteroatoms. The standard InChI is InChI=1S/C12H13BrN2O2S/c1-18(16,17)7-6-15-12-4-5-14-11-3-2-9(13)8-10(11)12/h2-5,8H,6-7H2,1H3,(H,14,15). The van der Waals surface area contributed by atoms with Gasteiger partial charge in [-0.25, -0.2) is 8.42 Å². The van der Waals surface area contributed by atoms with Gasteiger partial charge in [0, 0.05) is 34.5 Å². The molecule has 0 unspecified atom stereocenters. The number of rotatable bonds is 4. The Morgan fingerprint density at radius 1 is 1.33 bits per heavy atom. The summed E-state index contributed by atoms with van der Waals surface area (Å²) in [5.41, 5.74) is 1.77. The number of pyridine rings is 1. The Labute approximate surface area is 114 Å². The summed E-state index contributed by atoms with van der Waals surface area (Å²) in [5, 5.41) is 4.10. The molecule has 0 amide bonds. The van der Waals surface area contributed by atoms with E-state index in [1.165, 1.54) is 6.26 Å². The molecule has 0 spiro atoms. The molecule has 0 aliphatic carbocycles. The number of aromatic nitrogens is 1. The highest BCUT2D eigenvalue weighted by molar-refractivity contribution is 9.10. The second-order valence-electron chi connectivity index (χ2n) is 4.08. The largest absolute Gasteiger partial charge is 0.383 e. The van der Waals surface area contributed by atoms with Crippen molar-refractivity contribution in [3.05, 3.63) is 34.9 Å². The summed E-state index contributed by atoms with van der Waals surface area (Å²) in [7, 11) is -2.94. The van der Waals surface area contributed by atoms with Crippen molar-refractivity contribution in [3.8, 4) is 0 Å². The van der Waals surface area contributed by atoms with Crippen LogP contribution < -0.4 is 5.32 Å². The predicted octanol–water partition coefficient (Wildman–Crippen LogP) is 2.45. The van der Waals surface area contributed by atoms with Gasteiger partial charge in [0.25, 0.3) is 0 Å². The van der Waals surface area contributed by atoms with E-state index in [1.54, 1.807) is 6.20 Å². The van der Waals surface area contributed by atoms with E-state index >= 15 is 0 Å². The number of nitrogens with one attached hydrogen (secondary N) is 1. The van der Waals surface area contributed by atoms with Gasteiger partial charge in [-0.3, -0.25) is 4.98 Å². The van der Waals surface area contributed by atoms with Crippen molar-refractivity contribution in [2.45, 2.75) is 0 Å². The van der Waals surface area contributed by atoms with Crippen LogP contribution in [0.4, 0.5) is 5.69 Å². The van der Waals surface area contributed by atoms with E-state index in [-0.39, 0.29) is 5.75 Å². The van der Waals surface area contributed by atoms with Gasteiger partial charge in [0.1, 0.15) is 9.84 Å². The molecule has 96 valence electrons. The van der Waals surface area contributed by atoms with Crippen LogP contribution in [0.15, 0.2) is 34.9 Å². The highest BCUT2D eigenvalue weighted by atomic mass is 79.9.